The maximum absolute atomic E-state index is 12.1. The molecule has 0 amide bonds. The highest BCUT2D eigenvalue weighted by atomic mass is 19.1. The Balaban J connectivity index is 3.78. The van der Waals surface area contributed by atoms with Gasteiger partial charge in [-0.1, -0.05) is 6.58 Å². The van der Waals surface area contributed by atoms with E-state index in [0.29, 0.717) is 0 Å². The van der Waals surface area contributed by atoms with Gasteiger partial charge in [0.2, 0.25) is 0 Å². The van der Waals surface area contributed by atoms with Crippen LogP contribution in [0.2, 0.25) is 0 Å². The topological polar surface area (TPSA) is 15.6 Å². The van der Waals surface area contributed by atoms with E-state index in [1.807, 2.05) is 0 Å². The standard InChI is InChI=1S/C5H9FN2/c1-4-7-5(6)8(2)3/h4H,1H2,2-3H3/b7-5-. The molecule has 0 aliphatic rings. The van der Waals surface area contributed by atoms with E-state index in [2.05, 4.69) is 11.6 Å². The summed E-state index contributed by atoms with van der Waals surface area (Å²) in [5, 5.41) is 0. The van der Waals surface area contributed by atoms with Gasteiger partial charge in [-0.3, -0.25) is 0 Å². The highest BCUT2D eigenvalue weighted by molar-refractivity contribution is 5.72. The Morgan fingerprint density at radius 3 is 2.38 bits per heavy atom. The van der Waals surface area contributed by atoms with E-state index < -0.39 is 6.09 Å². The van der Waals surface area contributed by atoms with Crippen LogP contribution in [-0.4, -0.2) is 25.1 Å². The third-order valence-electron chi connectivity index (χ3n) is 0.567. The molecular weight excluding hydrogens is 107 g/mol. The monoisotopic (exact) mass is 116 g/mol. The van der Waals surface area contributed by atoms with Crippen molar-refractivity contribution in [2.45, 2.75) is 0 Å². The smallest absolute Gasteiger partial charge is 0.284 e. The summed E-state index contributed by atoms with van der Waals surface area (Å²) < 4.78 is 12.1. The van der Waals surface area contributed by atoms with Gasteiger partial charge in [0, 0.05) is 20.3 Å². The molecule has 0 saturated heterocycles. The molecule has 0 heterocycles. The van der Waals surface area contributed by atoms with Gasteiger partial charge in [-0.15, -0.1) is 0 Å². The van der Waals surface area contributed by atoms with Gasteiger partial charge in [0.25, 0.3) is 6.09 Å². The van der Waals surface area contributed by atoms with E-state index >= 15 is 0 Å². The molecule has 3 heteroatoms. The molecule has 0 saturated carbocycles. The van der Waals surface area contributed by atoms with Gasteiger partial charge in [0.1, 0.15) is 0 Å². The lowest BCUT2D eigenvalue weighted by Crippen LogP contribution is -2.16. The molecule has 8 heavy (non-hydrogen) atoms. The lowest BCUT2D eigenvalue weighted by molar-refractivity contribution is 0.529. The molecule has 46 valence electrons. The van der Waals surface area contributed by atoms with Crippen LogP contribution in [0.1, 0.15) is 0 Å². The fraction of sp³-hybridized carbons (Fsp3) is 0.400. The lowest BCUT2D eigenvalue weighted by atomic mass is 10.9. The molecule has 0 aromatic rings. The van der Waals surface area contributed by atoms with Crippen LogP contribution in [0.4, 0.5) is 4.39 Å². The largest absolute Gasteiger partial charge is 0.339 e. The number of rotatable bonds is 1. The third kappa shape index (κ3) is 2.34. The van der Waals surface area contributed by atoms with Crippen molar-refractivity contribution in [3.63, 3.8) is 0 Å². The Morgan fingerprint density at radius 1 is 1.75 bits per heavy atom. The van der Waals surface area contributed by atoms with Crippen LogP contribution in [0.5, 0.6) is 0 Å². The van der Waals surface area contributed by atoms with Crippen molar-refractivity contribution in [2.24, 2.45) is 4.99 Å². The molecule has 0 aliphatic heterocycles. The van der Waals surface area contributed by atoms with Gasteiger partial charge < -0.3 is 4.90 Å². The van der Waals surface area contributed by atoms with Gasteiger partial charge in [-0.25, -0.2) is 4.99 Å². The second-order valence-corrected chi connectivity index (χ2v) is 1.48. The number of amidine groups is 1. The summed E-state index contributed by atoms with van der Waals surface area (Å²) in [6.07, 6.45) is 0.634. The molecule has 0 radical (unpaired) electrons. The van der Waals surface area contributed by atoms with Gasteiger partial charge in [0.15, 0.2) is 0 Å². The van der Waals surface area contributed by atoms with Crippen molar-refractivity contribution in [1.29, 1.82) is 0 Å². The average Bonchev–Trinajstić information content (AvgIpc) is 1.67. The maximum Gasteiger partial charge on any atom is 0.284 e. The Labute approximate surface area is 48.3 Å². The molecule has 0 N–H and O–H groups in total. The van der Waals surface area contributed by atoms with Crippen LogP contribution in [0.25, 0.3) is 0 Å². The van der Waals surface area contributed by atoms with Gasteiger partial charge >= 0.3 is 0 Å². The molecule has 0 aromatic heterocycles. The Hall–Kier alpha value is -0.860. The highest BCUT2D eigenvalue weighted by Crippen LogP contribution is 1.83. The van der Waals surface area contributed by atoms with Gasteiger partial charge in [-0.2, -0.15) is 4.39 Å². The van der Waals surface area contributed by atoms with Crippen LogP contribution in [0, 0.1) is 0 Å². The molecule has 0 bridgehead atoms. The zero-order valence-corrected chi connectivity index (χ0v) is 5.06. The number of aliphatic imine (C=N–C) groups is 1. The first kappa shape index (κ1) is 7.14. The van der Waals surface area contributed by atoms with E-state index in [1.165, 1.54) is 4.90 Å². The summed E-state index contributed by atoms with van der Waals surface area (Å²) in [6, 6.07) is 0. The maximum atomic E-state index is 12.1. The summed E-state index contributed by atoms with van der Waals surface area (Å²) >= 11 is 0. The predicted octanol–water partition coefficient (Wildman–Crippen LogP) is 1.02. The minimum atomic E-state index is -0.528. The van der Waals surface area contributed by atoms with E-state index in [1.54, 1.807) is 14.1 Å². The minimum Gasteiger partial charge on any atom is -0.339 e. The quantitative estimate of drug-likeness (QED) is 0.283. The Bertz CT molecular complexity index is 107. The zero-order valence-electron chi connectivity index (χ0n) is 5.06. The molecule has 0 atom stereocenters. The van der Waals surface area contributed by atoms with E-state index in [9.17, 15) is 4.39 Å². The fourth-order valence-corrected chi connectivity index (χ4v) is 0.191. The Kier molecular flexibility index (Phi) is 2.84. The first-order chi connectivity index (χ1) is 3.68. The summed E-state index contributed by atoms with van der Waals surface area (Å²) in [4.78, 5) is 4.53. The van der Waals surface area contributed by atoms with Crippen molar-refractivity contribution in [3.05, 3.63) is 12.8 Å². The van der Waals surface area contributed by atoms with E-state index in [-0.39, 0.29) is 0 Å². The first-order valence-electron chi connectivity index (χ1n) is 2.20. The summed E-state index contributed by atoms with van der Waals surface area (Å²) in [7, 11) is 3.14. The van der Waals surface area contributed by atoms with E-state index in [0.717, 1.165) is 6.20 Å². The fourth-order valence-electron chi connectivity index (χ4n) is 0.191. The molecule has 2 nitrogen and oxygen atoms in total. The van der Waals surface area contributed by atoms with Crippen molar-refractivity contribution >= 4 is 6.09 Å². The third-order valence-corrected chi connectivity index (χ3v) is 0.567. The second kappa shape index (κ2) is 3.18. The van der Waals surface area contributed by atoms with Crippen LogP contribution in [0.15, 0.2) is 17.8 Å². The normalized spacial score (nSPS) is 11.1. The minimum absolute atomic E-state index is 0.528. The van der Waals surface area contributed by atoms with Crippen LogP contribution >= 0.6 is 0 Å². The molecule has 0 aliphatic carbocycles. The highest BCUT2D eigenvalue weighted by Gasteiger charge is 1.92. The van der Waals surface area contributed by atoms with Crippen LogP contribution in [0.3, 0.4) is 0 Å². The SMILES string of the molecule is C=C/N=C(/F)N(C)C. The number of hydrogen-bond acceptors (Lipinski definition) is 1. The summed E-state index contributed by atoms with van der Waals surface area (Å²) in [5.41, 5.74) is 0. The molecule has 0 aromatic carbocycles. The van der Waals surface area contributed by atoms with Crippen molar-refractivity contribution < 1.29 is 4.39 Å². The number of nitrogens with zero attached hydrogens (tertiary/aromatic N) is 2. The Morgan fingerprint density at radius 2 is 2.25 bits per heavy atom. The number of halogens is 1. The van der Waals surface area contributed by atoms with Crippen molar-refractivity contribution in [2.75, 3.05) is 14.1 Å². The predicted molar refractivity (Wildman–Crippen MR) is 32.4 cm³/mol. The molecule has 0 unspecified atom stereocenters. The molecule has 0 rings (SSSR count). The van der Waals surface area contributed by atoms with Crippen molar-refractivity contribution in [3.8, 4) is 0 Å². The lowest BCUT2D eigenvalue weighted by Gasteiger charge is -2.03. The van der Waals surface area contributed by atoms with Crippen LogP contribution < -0.4 is 0 Å². The summed E-state index contributed by atoms with van der Waals surface area (Å²) in [6.45, 7) is 3.23. The number of hydrogen-bond donors (Lipinski definition) is 0. The van der Waals surface area contributed by atoms with Crippen LogP contribution in [-0.2, 0) is 0 Å². The molecule has 0 spiro atoms. The first-order valence-corrected chi connectivity index (χ1v) is 2.20. The van der Waals surface area contributed by atoms with Crippen molar-refractivity contribution in [1.82, 2.24) is 4.90 Å². The zero-order chi connectivity index (χ0) is 6.57. The van der Waals surface area contributed by atoms with E-state index in [4.69, 9.17) is 0 Å². The molecular formula is C5H9FN2. The van der Waals surface area contributed by atoms with Gasteiger partial charge in [-0.05, 0) is 0 Å². The average molecular weight is 116 g/mol. The van der Waals surface area contributed by atoms with Gasteiger partial charge in [0.05, 0.1) is 0 Å². The second-order valence-electron chi connectivity index (χ2n) is 1.48. The molecule has 0 fully saturated rings. The summed E-state index contributed by atoms with van der Waals surface area (Å²) in [5.74, 6) is 0.